The predicted octanol–water partition coefficient (Wildman–Crippen LogP) is 3.34. The van der Waals surface area contributed by atoms with Crippen molar-refractivity contribution in [2.75, 3.05) is 18.0 Å². The van der Waals surface area contributed by atoms with Crippen LogP contribution in [0.3, 0.4) is 0 Å². The lowest BCUT2D eigenvalue weighted by atomic mass is 10.1. The van der Waals surface area contributed by atoms with Gasteiger partial charge in [0.15, 0.2) is 0 Å². The lowest BCUT2D eigenvalue weighted by molar-refractivity contribution is 0.570. The van der Waals surface area contributed by atoms with Gasteiger partial charge in [-0.15, -0.1) is 0 Å². The van der Waals surface area contributed by atoms with E-state index in [0.717, 1.165) is 40.5 Å². The Bertz CT molecular complexity index is 658. The maximum atomic E-state index is 4.77. The van der Waals surface area contributed by atoms with Crippen LogP contribution in [-0.4, -0.2) is 32.8 Å². The minimum atomic E-state index is 0.655. The van der Waals surface area contributed by atoms with Crippen LogP contribution in [0.1, 0.15) is 36.3 Å². The average molecular weight is 350 g/mol. The van der Waals surface area contributed by atoms with Crippen LogP contribution < -0.4 is 4.90 Å². The van der Waals surface area contributed by atoms with Crippen molar-refractivity contribution in [1.82, 2.24) is 19.7 Å². The summed E-state index contributed by atoms with van der Waals surface area (Å²) < 4.78 is 2.82. The second-order valence-electron chi connectivity index (χ2n) is 5.63. The summed E-state index contributed by atoms with van der Waals surface area (Å²) in [6.07, 6.45) is 3.76. The Morgan fingerprint density at radius 1 is 1.05 bits per heavy atom. The molecule has 1 fully saturated rings. The lowest BCUT2D eigenvalue weighted by Gasteiger charge is -2.29. The number of halogens is 1. The fourth-order valence-electron chi connectivity index (χ4n) is 2.77. The lowest BCUT2D eigenvalue weighted by Crippen LogP contribution is -2.31. The molecule has 0 unspecified atom stereocenters. The van der Waals surface area contributed by atoms with Crippen molar-refractivity contribution in [1.29, 1.82) is 0 Å². The summed E-state index contributed by atoms with van der Waals surface area (Å²) in [4.78, 5) is 11.7. The topological polar surface area (TPSA) is 46.8 Å². The number of rotatable bonds is 2. The van der Waals surface area contributed by atoms with E-state index in [2.05, 4.69) is 30.9 Å². The van der Waals surface area contributed by atoms with Gasteiger partial charge in [-0.1, -0.05) is 0 Å². The van der Waals surface area contributed by atoms with Gasteiger partial charge in [0, 0.05) is 18.8 Å². The first kappa shape index (κ1) is 14.5. The van der Waals surface area contributed by atoms with Gasteiger partial charge in [0.2, 0.25) is 0 Å². The van der Waals surface area contributed by atoms with E-state index in [0.29, 0.717) is 5.95 Å². The van der Waals surface area contributed by atoms with Crippen molar-refractivity contribution in [2.45, 2.75) is 40.0 Å². The summed E-state index contributed by atoms with van der Waals surface area (Å²) in [6, 6.07) is 2.04. The maximum absolute atomic E-state index is 4.77. The number of anilines is 1. The molecule has 0 amide bonds. The molecule has 0 spiro atoms. The quantitative estimate of drug-likeness (QED) is 0.834. The van der Waals surface area contributed by atoms with E-state index >= 15 is 0 Å². The Morgan fingerprint density at radius 3 is 2.38 bits per heavy atom. The molecule has 3 heterocycles. The van der Waals surface area contributed by atoms with E-state index in [-0.39, 0.29) is 0 Å². The molecular formula is C15H20BrN5. The number of aryl methyl sites for hydroxylation is 3. The first-order chi connectivity index (χ1) is 10.1. The van der Waals surface area contributed by atoms with E-state index < -0.39 is 0 Å². The van der Waals surface area contributed by atoms with Crippen LogP contribution in [0, 0.1) is 20.8 Å². The second kappa shape index (κ2) is 5.75. The minimum Gasteiger partial charge on any atom is -0.356 e. The molecule has 0 atom stereocenters. The SMILES string of the molecule is Cc1cc(C)n(-c2nc(C)c(Br)c(N3CCCCC3)n2)n1. The normalized spacial score (nSPS) is 15.5. The van der Waals surface area contributed by atoms with Crippen LogP contribution >= 0.6 is 15.9 Å². The monoisotopic (exact) mass is 349 g/mol. The number of piperidine rings is 1. The van der Waals surface area contributed by atoms with Gasteiger partial charge in [0.25, 0.3) is 5.95 Å². The molecule has 5 nitrogen and oxygen atoms in total. The van der Waals surface area contributed by atoms with Crippen LogP contribution in [0.2, 0.25) is 0 Å². The summed E-state index contributed by atoms with van der Waals surface area (Å²) in [6.45, 7) is 8.15. The Labute approximate surface area is 133 Å². The molecule has 6 heteroatoms. The largest absolute Gasteiger partial charge is 0.356 e. The van der Waals surface area contributed by atoms with Crippen molar-refractivity contribution in [3.05, 3.63) is 27.6 Å². The van der Waals surface area contributed by atoms with Crippen LogP contribution in [0.15, 0.2) is 10.5 Å². The van der Waals surface area contributed by atoms with Gasteiger partial charge in [0.1, 0.15) is 5.82 Å². The molecule has 1 saturated heterocycles. The molecule has 21 heavy (non-hydrogen) atoms. The molecule has 1 aliphatic heterocycles. The molecule has 1 aliphatic rings. The summed E-state index contributed by atoms with van der Waals surface area (Å²) in [5, 5.41) is 4.50. The summed E-state index contributed by atoms with van der Waals surface area (Å²) in [5.41, 5.74) is 2.99. The zero-order valence-corrected chi connectivity index (χ0v) is 14.3. The van der Waals surface area contributed by atoms with Gasteiger partial charge in [-0.05, 0) is 62.0 Å². The Balaban J connectivity index is 2.06. The van der Waals surface area contributed by atoms with Crippen LogP contribution in [0.25, 0.3) is 5.95 Å². The van der Waals surface area contributed by atoms with E-state index in [4.69, 9.17) is 4.98 Å². The summed E-state index contributed by atoms with van der Waals surface area (Å²) >= 11 is 3.65. The van der Waals surface area contributed by atoms with Crippen molar-refractivity contribution < 1.29 is 0 Å². The van der Waals surface area contributed by atoms with Gasteiger partial charge >= 0.3 is 0 Å². The average Bonchev–Trinajstić information content (AvgIpc) is 2.81. The van der Waals surface area contributed by atoms with Crippen LogP contribution in [0.5, 0.6) is 0 Å². The molecule has 0 aromatic carbocycles. The number of hydrogen-bond acceptors (Lipinski definition) is 4. The van der Waals surface area contributed by atoms with Crippen LogP contribution in [0.4, 0.5) is 5.82 Å². The molecule has 3 rings (SSSR count). The smallest absolute Gasteiger partial charge is 0.253 e. The molecular weight excluding hydrogens is 330 g/mol. The highest BCUT2D eigenvalue weighted by molar-refractivity contribution is 9.10. The highest BCUT2D eigenvalue weighted by Crippen LogP contribution is 2.29. The van der Waals surface area contributed by atoms with Crippen molar-refractivity contribution in [3.8, 4) is 5.95 Å². The fourth-order valence-corrected chi connectivity index (χ4v) is 3.20. The fraction of sp³-hybridized carbons (Fsp3) is 0.533. The third kappa shape index (κ3) is 2.81. The first-order valence-electron chi connectivity index (χ1n) is 7.39. The van der Waals surface area contributed by atoms with Crippen LogP contribution in [-0.2, 0) is 0 Å². The van der Waals surface area contributed by atoms with Crippen molar-refractivity contribution in [2.24, 2.45) is 0 Å². The van der Waals surface area contributed by atoms with Gasteiger partial charge in [-0.2, -0.15) is 10.1 Å². The van der Waals surface area contributed by atoms with Crippen molar-refractivity contribution >= 4 is 21.7 Å². The van der Waals surface area contributed by atoms with E-state index in [1.165, 1.54) is 19.3 Å². The predicted molar refractivity (Wildman–Crippen MR) is 87.1 cm³/mol. The highest BCUT2D eigenvalue weighted by atomic mass is 79.9. The maximum Gasteiger partial charge on any atom is 0.253 e. The molecule has 0 N–H and O–H groups in total. The molecule has 0 radical (unpaired) electrons. The highest BCUT2D eigenvalue weighted by Gasteiger charge is 2.19. The summed E-state index contributed by atoms with van der Waals surface area (Å²) in [5.74, 6) is 1.65. The molecule has 2 aromatic rings. The number of nitrogens with zero attached hydrogens (tertiary/aromatic N) is 5. The Morgan fingerprint density at radius 2 is 1.76 bits per heavy atom. The van der Waals surface area contributed by atoms with E-state index in [1.807, 2.05) is 31.5 Å². The first-order valence-corrected chi connectivity index (χ1v) is 8.18. The van der Waals surface area contributed by atoms with E-state index in [9.17, 15) is 0 Å². The third-order valence-electron chi connectivity index (χ3n) is 3.84. The number of hydrogen-bond donors (Lipinski definition) is 0. The van der Waals surface area contributed by atoms with E-state index in [1.54, 1.807) is 0 Å². The molecule has 0 aliphatic carbocycles. The van der Waals surface area contributed by atoms with Gasteiger partial charge in [0.05, 0.1) is 15.9 Å². The van der Waals surface area contributed by atoms with Gasteiger partial charge < -0.3 is 4.90 Å². The molecule has 0 bridgehead atoms. The molecule has 0 saturated carbocycles. The Hall–Kier alpha value is -1.43. The molecule has 2 aromatic heterocycles. The van der Waals surface area contributed by atoms with Gasteiger partial charge in [-0.3, -0.25) is 0 Å². The van der Waals surface area contributed by atoms with Crippen molar-refractivity contribution in [3.63, 3.8) is 0 Å². The zero-order chi connectivity index (χ0) is 15.0. The summed E-state index contributed by atoms with van der Waals surface area (Å²) in [7, 11) is 0. The zero-order valence-electron chi connectivity index (χ0n) is 12.7. The van der Waals surface area contributed by atoms with Gasteiger partial charge in [-0.25, -0.2) is 9.67 Å². The minimum absolute atomic E-state index is 0.655. The second-order valence-corrected chi connectivity index (χ2v) is 6.43. The standard InChI is InChI=1S/C15H20BrN5/c1-10-9-11(2)21(19-10)15-17-12(3)13(16)14(18-15)20-7-5-4-6-8-20/h9H,4-8H2,1-3H3. The molecule has 112 valence electrons. The number of aromatic nitrogens is 4. The third-order valence-corrected chi connectivity index (χ3v) is 4.77. The Kier molecular flexibility index (Phi) is 3.97.